The average molecular weight is 243 g/mol. The molecule has 0 aromatic carbocycles. The zero-order valence-electron chi connectivity index (χ0n) is 11.7. The summed E-state index contributed by atoms with van der Waals surface area (Å²) in [6.45, 7) is 8.89. The summed E-state index contributed by atoms with van der Waals surface area (Å²) >= 11 is 0. The van der Waals surface area contributed by atoms with Gasteiger partial charge in [0.2, 0.25) is 5.91 Å². The summed E-state index contributed by atoms with van der Waals surface area (Å²) in [4.78, 5) is 24.6. The topological polar surface area (TPSA) is 46.6 Å². The second kappa shape index (κ2) is 7.30. The van der Waals surface area contributed by atoms with Crippen LogP contribution in [0.1, 0.15) is 47.0 Å². The maximum absolute atomic E-state index is 11.6. The minimum atomic E-state index is -0.418. The number of amides is 1. The molecule has 0 saturated carbocycles. The van der Waals surface area contributed by atoms with E-state index < -0.39 is 5.41 Å². The van der Waals surface area contributed by atoms with E-state index in [0.717, 1.165) is 19.4 Å². The molecule has 17 heavy (non-hydrogen) atoms. The number of hydrogen-bond acceptors (Lipinski definition) is 3. The Morgan fingerprint density at radius 2 is 1.76 bits per heavy atom. The molecule has 1 amide bonds. The van der Waals surface area contributed by atoms with Crippen molar-refractivity contribution >= 4 is 11.9 Å². The van der Waals surface area contributed by atoms with Gasteiger partial charge in [0.15, 0.2) is 0 Å². The normalized spacial score (nSPS) is 24.2. The monoisotopic (exact) mass is 243 g/mol. The number of nitrogens with zero attached hydrogens (tertiary/aromatic N) is 1. The fourth-order valence-corrected chi connectivity index (χ4v) is 2.04. The molecule has 1 rings (SSSR count). The summed E-state index contributed by atoms with van der Waals surface area (Å²) < 4.78 is 4.80. The number of methoxy groups -OCH3 is 1. The van der Waals surface area contributed by atoms with Gasteiger partial charge >= 0.3 is 5.97 Å². The molecule has 100 valence electrons. The second-order valence-corrected chi connectivity index (χ2v) is 4.41. The van der Waals surface area contributed by atoms with Crippen molar-refractivity contribution in [2.24, 2.45) is 5.41 Å². The molecule has 4 heteroatoms. The summed E-state index contributed by atoms with van der Waals surface area (Å²) in [5.41, 5.74) is -0.418. The van der Waals surface area contributed by atoms with Gasteiger partial charge in [-0.15, -0.1) is 0 Å². The maximum Gasteiger partial charge on any atom is 0.311 e. The second-order valence-electron chi connectivity index (χ2n) is 4.41. The fraction of sp³-hybridized carbons (Fsp3) is 0.846. The Morgan fingerprint density at radius 3 is 2.24 bits per heavy atom. The third-order valence-electron chi connectivity index (χ3n) is 3.21. The van der Waals surface area contributed by atoms with Gasteiger partial charge in [0, 0.05) is 20.0 Å². The Kier molecular flexibility index (Phi) is 6.85. The smallest absolute Gasteiger partial charge is 0.311 e. The van der Waals surface area contributed by atoms with Crippen LogP contribution in [0.5, 0.6) is 0 Å². The van der Waals surface area contributed by atoms with Gasteiger partial charge in [-0.25, -0.2) is 0 Å². The first-order valence-electron chi connectivity index (χ1n) is 6.33. The van der Waals surface area contributed by atoms with E-state index >= 15 is 0 Å². The molecular weight excluding hydrogens is 218 g/mol. The van der Waals surface area contributed by atoms with Crippen LogP contribution < -0.4 is 0 Å². The van der Waals surface area contributed by atoms with Crippen LogP contribution in [0.15, 0.2) is 0 Å². The van der Waals surface area contributed by atoms with Crippen LogP contribution in [0.2, 0.25) is 0 Å². The third-order valence-corrected chi connectivity index (χ3v) is 3.21. The van der Waals surface area contributed by atoms with Crippen LogP contribution in [0.4, 0.5) is 0 Å². The van der Waals surface area contributed by atoms with E-state index in [2.05, 4.69) is 0 Å². The highest BCUT2D eigenvalue weighted by Gasteiger charge is 2.36. The molecular formula is C13H25NO3. The van der Waals surface area contributed by atoms with Crippen LogP contribution in [0.25, 0.3) is 0 Å². The van der Waals surface area contributed by atoms with E-state index in [1.807, 2.05) is 20.8 Å². The molecule has 0 aromatic heterocycles. The number of carbonyl (C=O) groups excluding carboxylic acids is 2. The first-order chi connectivity index (χ1) is 7.99. The van der Waals surface area contributed by atoms with Crippen molar-refractivity contribution in [1.29, 1.82) is 0 Å². The predicted molar refractivity (Wildman–Crippen MR) is 67.6 cm³/mol. The van der Waals surface area contributed by atoms with E-state index in [1.54, 1.807) is 11.8 Å². The van der Waals surface area contributed by atoms with Crippen molar-refractivity contribution in [2.75, 3.05) is 20.2 Å². The molecule has 0 bridgehead atoms. The molecule has 0 aromatic rings. The summed E-state index contributed by atoms with van der Waals surface area (Å²) in [6, 6.07) is 0. The number of hydrogen-bond donors (Lipinski definition) is 0. The maximum atomic E-state index is 11.6. The van der Waals surface area contributed by atoms with Crippen molar-refractivity contribution in [2.45, 2.75) is 47.0 Å². The molecule has 1 atom stereocenters. The third kappa shape index (κ3) is 4.36. The predicted octanol–water partition coefficient (Wildman–Crippen LogP) is 2.22. The summed E-state index contributed by atoms with van der Waals surface area (Å²) in [6.07, 6.45) is 2.36. The molecule has 1 heterocycles. The Hall–Kier alpha value is -1.06. The molecule has 4 nitrogen and oxygen atoms in total. The number of rotatable bonds is 1. The Labute approximate surface area is 104 Å². The van der Waals surface area contributed by atoms with E-state index in [4.69, 9.17) is 4.74 Å². The van der Waals surface area contributed by atoms with Crippen LogP contribution in [0, 0.1) is 5.41 Å². The van der Waals surface area contributed by atoms with Crippen molar-refractivity contribution in [3.8, 4) is 0 Å². The van der Waals surface area contributed by atoms with Crippen molar-refractivity contribution in [1.82, 2.24) is 4.90 Å². The van der Waals surface area contributed by atoms with Gasteiger partial charge in [-0.1, -0.05) is 13.8 Å². The first-order valence-corrected chi connectivity index (χ1v) is 6.33. The highest BCUT2D eigenvalue weighted by Crippen LogP contribution is 2.32. The Bertz CT molecular complexity index is 265. The molecule has 1 aliphatic heterocycles. The lowest BCUT2D eigenvalue weighted by Gasteiger charge is -2.24. The molecule has 1 saturated heterocycles. The summed E-state index contributed by atoms with van der Waals surface area (Å²) in [7, 11) is 1.42. The van der Waals surface area contributed by atoms with E-state index in [9.17, 15) is 9.59 Å². The number of ether oxygens (including phenoxy) is 1. The molecule has 1 fully saturated rings. The van der Waals surface area contributed by atoms with Gasteiger partial charge in [0.05, 0.1) is 12.5 Å². The van der Waals surface area contributed by atoms with Gasteiger partial charge in [0.25, 0.3) is 0 Å². The fourth-order valence-electron chi connectivity index (χ4n) is 2.04. The standard InChI is InChI=1S/C11H19NO3.C2H6/c1-9(13)12-7-4-5-11(2,6-8-12)10(14)15-3;1-2/h4-8H2,1-3H3;1-2H3. The van der Waals surface area contributed by atoms with Crippen molar-refractivity contribution in [3.63, 3.8) is 0 Å². The van der Waals surface area contributed by atoms with Crippen LogP contribution in [-0.4, -0.2) is 37.0 Å². The lowest BCUT2D eigenvalue weighted by Crippen LogP contribution is -2.33. The van der Waals surface area contributed by atoms with Gasteiger partial charge in [-0.2, -0.15) is 0 Å². The van der Waals surface area contributed by atoms with Gasteiger partial charge in [-0.05, 0) is 26.2 Å². The summed E-state index contributed by atoms with van der Waals surface area (Å²) in [5.74, 6) is -0.0722. The van der Waals surface area contributed by atoms with E-state index in [0.29, 0.717) is 13.0 Å². The number of esters is 1. The zero-order chi connectivity index (χ0) is 13.5. The molecule has 1 aliphatic rings. The highest BCUT2D eigenvalue weighted by atomic mass is 16.5. The lowest BCUT2D eigenvalue weighted by molar-refractivity contribution is -0.152. The van der Waals surface area contributed by atoms with Crippen molar-refractivity contribution < 1.29 is 14.3 Å². The summed E-state index contributed by atoms with van der Waals surface area (Å²) in [5, 5.41) is 0. The minimum Gasteiger partial charge on any atom is -0.469 e. The van der Waals surface area contributed by atoms with Gasteiger partial charge in [-0.3, -0.25) is 9.59 Å². The van der Waals surface area contributed by atoms with E-state index in [-0.39, 0.29) is 11.9 Å². The molecule has 0 N–H and O–H groups in total. The molecule has 0 aliphatic carbocycles. The molecule has 0 spiro atoms. The first kappa shape index (κ1) is 15.9. The Morgan fingerprint density at radius 1 is 1.18 bits per heavy atom. The molecule has 0 radical (unpaired) electrons. The van der Waals surface area contributed by atoms with Crippen LogP contribution in [-0.2, 0) is 14.3 Å². The van der Waals surface area contributed by atoms with E-state index in [1.165, 1.54) is 7.11 Å². The number of likely N-dealkylation sites (tertiary alicyclic amines) is 1. The van der Waals surface area contributed by atoms with Gasteiger partial charge in [0.1, 0.15) is 0 Å². The number of carbonyl (C=O) groups is 2. The largest absolute Gasteiger partial charge is 0.469 e. The SMILES string of the molecule is CC.COC(=O)C1(C)CCCN(C(C)=O)CC1. The lowest BCUT2D eigenvalue weighted by atomic mass is 9.83. The Balaban J connectivity index is 0.00000121. The quantitative estimate of drug-likeness (QED) is 0.663. The van der Waals surface area contributed by atoms with Crippen molar-refractivity contribution in [3.05, 3.63) is 0 Å². The zero-order valence-corrected chi connectivity index (χ0v) is 11.7. The van der Waals surface area contributed by atoms with Crippen LogP contribution in [0.3, 0.4) is 0 Å². The van der Waals surface area contributed by atoms with Crippen LogP contribution >= 0.6 is 0 Å². The highest BCUT2D eigenvalue weighted by molar-refractivity contribution is 5.77. The van der Waals surface area contributed by atoms with Gasteiger partial charge < -0.3 is 9.64 Å². The average Bonchev–Trinajstić information content (AvgIpc) is 2.54. The molecule has 1 unspecified atom stereocenters. The minimum absolute atomic E-state index is 0.0871.